The molecule has 0 radical (unpaired) electrons. The first kappa shape index (κ1) is 22.2. The lowest BCUT2D eigenvalue weighted by Gasteiger charge is -2.26. The number of amides is 1. The summed E-state index contributed by atoms with van der Waals surface area (Å²) in [7, 11) is 1.61. The monoisotopic (exact) mass is 457 g/mol. The van der Waals surface area contributed by atoms with Crippen LogP contribution in [0.4, 0.5) is 0 Å². The van der Waals surface area contributed by atoms with Crippen molar-refractivity contribution in [3.63, 3.8) is 0 Å². The van der Waals surface area contributed by atoms with E-state index in [0.29, 0.717) is 25.1 Å². The van der Waals surface area contributed by atoms with E-state index in [0.717, 1.165) is 34.1 Å². The number of fused-ring (bicyclic) bond motifs is 2. The van der Waals surface area contributed by atoms with Gasteiger partial charge in [-0.05, 0) is 53.4 Å². The van der Waals surface area contributed by atoms with Crippen LogP contribution in [0.15, 0.2) is 66.2 Å². The van der Waals surface area contributed by atoms with Crippen LogP contribution < -0.4 is 4.74 Å². The number of hydrogen-bond acceptors (Lipinski definition) is 5. The topological polar surface area (TPSA) is 76.1 Å². The molecule has 1 saturated heterocycles. The van der Waals surface area contributed by atoms with Crippen molar-refractivity contribution < 1.29 is 24.2 Å². The quantitative estimate of drug-likeness (QED) is 0.253. The van der Waals surface area contributed by atoms with Gasteiger partial charge in [-0.3, -0.25) is 9.59 Å². The summed E-state index contributed by atoms with van der Waals surface area (Å²) in [5.41, 5.74) is 2.42. The van der Waals surface area contributed by atoms with Gasteiger partial charge < -0.3 is 19.5 Å². The van der Waals surface area contributed by atoms with E-state index in [9.17, 15) is 14.7 Å². The second kappa shape index (κ2) is 8.95. The van der Waals surface area contributed by atoms with Gasteiger partial charge in [0.05, 0.1) is 11.6 Å². The molecule has 2 aliphatic heterocycles. The second-order valence-electron chi connectivity index (χ2n) is 8.86. The molecule has 2 heterocycles. The number of carbonyl (C=O) groups is 2. The Morgan fingerprint density at radius 2 is 1.91 bits per heavy atom. The predicted octanol–water partition coefficient (Wildman–Crippen LogP) is 4.62. The molecular weight excluding hydrogens is 430 g/mol. The predicted molar refractivity (Wildman–Crippen MR) is 130 cm³/mol. The summed E-state index contributed by atoms with van der Waals surface area (Å²) in [6.45, 7) is 2.80. The van der Waals surface area contributed by atoms with E-state index in [1.54, 1.807) is 18.1 Å². The number of aliphatic hydroxyl groups is 1. The number of likely N-dealkylation sites (tertiary alicyclic amines) is 1. The maximum absolute atomic E-state index is 13.3. The Hall–Kier alpha value is -3.64. The van der Waals surface area contributed by atoms with Gasteiger partial charge in [0.25, 0.3) is 11.7 Å². The highest BCUT2D eigenvalue weighted by Gasteiger charge is 2.46. The average Bonchev–Trinajstić information content (AvgIpc) is 3.34. The highest BCUT2D eigenvalue weighted by atomic mass is 16.5. The molecule has 2 atom stereocenters. The van der Waals surface area contributed by atoms with E-state index in [4.69, 9.17) is 9.47 Å². The number of ketones is 1. The number of Topliss-reactive ketones (excluding diaryl/α,β-unsaturated/α-hetero) is 1. The zero-order valence-electron chi connectivity index (χ0n) is 19.3. The summed E-state index contributed by atoms with van der Waals surface area (Å²) < 4.78 is 11.0. The Morgan fingerprint density at radius 1 is 1.12 bits per heavy atom. The third-order valence-corrected chi connectivity index (χ3v) is 6.57. The smallest absolute Gasteiger partial charge is 0.295 e. The lowest BCUT2D eigenvalue weighted by Crippen LogP contribution is -2.31. The molecule has 0 spiro atoms. The van der Waals surface area contributed by atoms with Gasteiger partial charge in [0.2, 0.25) is 0 Å². The minimum atomic E-state index is -0.689. The number of benzene rings is 3. The highest BCUT2D eigenvalue weighted by Crippen LogP contribution is 2.42. The first-order valence-electron chi connectivity index (χ1n) is 11.5. The highest BCUT2D eigenvalue weighted by molar-refractivity contribution is 6.46. The molecule has 0 saturated carbocycles. The Bertz CT molecular complexity index is 1310. The molecule has 3 aromatic rings. The van der Waals surface area contributed by atoms with Gasteiger partial charge >= 0.3 is 0 Å². The van der Waals surface area contributed by atoms with E-state index in [2.05, 4.69) is 0 Å². The number of aliphatic hydroxyl groups excluding tert-OH is 1. The Balaban J connectivity index is 1.67. The van der Waals surface area contributed by atoms with E-state index in [1.807, 2.05) is 61.5 Å². The largest absolute Gasteiger partial charge is 0.507 e. The average molecular weight is 458 g/mol. The van der Waals surface area contributed by atoms with Gasteiger partial charge in [-0.2, -0.15) is 0 Å². The summed E-state index contributed by atoms with van der Waals surface area (Å²) in [5.74, 6) is -0.644. The van der Waals surface area contributed by atoms with Crippen molar-refractivity contribution in [2.45, 2.75) is 31.9 Å². The first-order valence-corrected chi connectivity index (χ1v) is 11.5. The van der Waals surface area contributed by atoms with E-state index in [-0.39, 0.29) is 17.4 Å². The molecule has 0 aromatic heterocycles. The van der Waals surface area contributed by atoms with Crippen LogP contribution in [0.2, 0.25) is 0 Å². The number of ether oxygens (including phenoxy) is 2. The fourth-order valence-electron chi connectivity index (χ4n) is 5.03. The van der Waals surface area contributed by atoms with Crippen molar-refractivity contribution in [3.05, 3.63) is 82.9 Å². The van der Waals surface area contributed by atoms with Gasteiger partial charge in [-0.25, -0.2) is 0 Å². The van der Waals surface area contributed by atoms with Gasteiger partial charge in [-0.1, -0.05) is 42.5 Å². The third kappa shape index (κ3) is 3.74. The van der Waals surface area contributed by atoms with Gasteiger partial charge in [0.15, 0.2) is 0 Å². The van der Waals surface area contributed by atoms with Crippen molar-refractivity contribution in [3.8, 4) is 5.75 Å². The summed E-state index contributed by atoms with van der Waals surface area (Å²) in [4.78, 5) is 28.0. The summed E-state index contributed by atoms with van der Waals surface area (Å²) in [6.07, 6.45) is 1.38. The van der Waals surface area contributed by atoms with Crippen LogP contribution in [-0.2, 0) is 20.7 Å². The Labute approximate surface area is 198 Å². The van der Waals surface area contributed by atoms with Crippen molar-refractivity contribution >= 4 is 28.2 Å². The van der Waals surface area contributed by atoms with Crippen LogP contribution in [-0.4, -0.2) is 48.1 Å². The van der Waals surface area contributed by atoms with Gasteiger partial charge in [0.1, 0.15) is 17.6 Å². The Morgan fingerprint density at radius 3 is 2.74 bits per heavy atom. The van der Waals surface area contributed by atoms with Crippen LogP contribution in [0.1, 0.15) is 36.1 Å². The second-order valence-corrected chi connectivity index (χ2v) is 8.86. The molecule has 0 aliphatic carbocycles. The van der Waals surface area contributed by atoms with Crippen LogP contribution in [0, 0.1) is 0 Å². The van der Waals surface area contributed by atoms with Crippen molar-refractivity contribution in [2.24, 2.45) is 0 Å². The fraction of sp³-hybridized carbons (Fsp3) is 0.286. The molecule has 1 N–H and O–H groups in total. The summed E-state index contributed by atoms with van der Waals surface area (Å²) in [6, 6.07) is 18.4. The van der Waals surface area contributed by atoms with E-state index < -0.39 is 17.7 Å². The van der Waals surface area contributed by atoms with Crippen molar-refractivity contribution in [1.29, 1.82) is 0 Å². The fourth-order valence-corrected chi connectivity index (χ4v) is 5.03. The number of hydrogen-bond donors (Lipinski definition) is 1. The standard InChI is InChI=1S/C28H27NO5/c1-17-15-20-16-19(11-12-23(20)34-17)26(30)24-25(29(13-6-14-33-2)28(32)27(24)31)22-10-5-8-18-7-3-4-9-21(18)22/h3-5,7-12,16-17,25,30H,6,13-15H2,1-2H3/t17-,25-/m0/s1. The van der Waals surface area contributed by atoms with Gasteiger partial charge in [0, 0.05) is 32.2 Å². The number of carbonyl (C=O) groups excluding carboxylic acids is 2. The molecule has 6 heteroatoms. The molecule has 3 aromatic carbocycles. The molecule has 1 amide bonds. The molecule has 2 aliphatic rings. The van der Waals surface area contributed by atoms with Crippen LogP contribution in [0.5, 0.6) is 5.75 Å². The van der Waals surface area contributed by atoms with Crippen molar-refractivity contribution in [1.82, 2.24) is 4.90 Å². The molecule has 174 valence electrons. The maximum Gasteiger partial charge on any atom is 0.295 e. The molecule has 1 fully saturated rings. The summed E-state index contributed by atoms with van der Waals surface area (Å²) >= 11 is 0. The van der Waals surface area contributed by atoms with Crippen LogP contribution in [0.25, 0.3) is 16.5 Å². The Kier molecular flexibility index (Phi) is 5.84. The minimum Gasteiger partial charge on any atom is -0.507 e. The number of nitrogens with zero attached hydrogens (tertiary/aromatic N) is 1. The molecular formula is C28H27NO5. The summed E-state index contributed by atoms with van der Waals surface area (Å²) in [5, 5.41) is 13.4. The third-order valence-electron chi connectivity index (χ3n) is 6.57. The van der Waals surface area contributed by atoms with Crippen LogP contribution in [0.3, 0.4) is 0 Å². The molecule has 6 nitrogen and oxygen atoms in total. The maximum atomic E-state index is 13.3. The lowest BCUT2D eigenvalue weighted by atomic mass is 9.91. The lowest BCUT2D eigenvalue weighted by molar-refractivity contribution is -0.140. The molecule has 0 bridgehead atoms. The normalized spacial score (nSPS) is 21.2. The zero-order valence-corrected chi connectivity index (χ0v) is 19.3. The minimum absolute atomic E-state index is 0.0643. The number of methoxy groups -OCH3 is 1. The van der Waals surface area contributed by atoms with Crippen molar-refractivity contribution in [2.75, 3.05) is 20.3 Å². The zero-order chi connectivity index (χ0) is 23.8. The number of rotatable bonds is 6. The molecule has 5 rings (SSSR count). The molecule has 34 heavy (non-hydrogen) atoms. The SMILES string of the molecule is COCCCN1C(=O)C(=O)C(=C(O)c2ccc3c(c2)C[C@H](C)O3)[C@@H]1c1cccc2ccccc12. The van der Waals surface area contributed by atoms with Crippen LogP contribution >= 0.6 is 0 Å². The van der Waals surface area contributed by atoms with E-state index in [1.165, 1.54) is 0 Å². The van der Waals surface area contributed by atoms with E-state index >= 15 is 0 Å². The van der Waals surface area contributed by atoms with Gasteiger partial charge in [-0.15, -0.1) is 0 Å². The molecule has 0 unspecified atom stereocenters. The first-order chi connectivity index (χ1) is 16.5.